The van der Waals surface area contributed by atoms with Gasteiger partial charge in [-0.25, -0.2) is 4.68 Å². The third-order valence-corrected chi connectivity index (χ3v) is 2.01. The van der Waals surface area contributed by atoms with E-state index in [1.54, 1.807) is 24.0 Å². The lowest BCUT2D eigenvalue weighted by atomic mass is 10.3. The molecule has 16 heavy (non-hydrogen) atoms. The Hall–Kier alpha value is -2.37. The van der Waals surface area contributed by atoms with Gasteiger partial charge >= 0.3 is 0 Å². The lowest BCUT2D eigenvalue weighted by Crippen LogP contribution is -1.86. The van der Waals surface area contributed by atoms with Gasteiger partial charge in [0.05, 0.1) is 6.20 Å². The van der Waals surface area contributed by atoms with E-state index < -0.39 is 0 Å². The highest BCUT2D eigenvalue weighted by atomic mass is 16.3. The fourth-order valence-electron chi connectivity index (χ4n) is 1.17. The summed E-state index contributed by atoms with van der Waals surface area (Å²) in [6.45, 7) is 0. The van der Waals surface area contributed by atoms with Gasteiger partial charge in [0.1, 0.15) is 17.2 Å². The summed E-state index contributed by atoms with van der Waals surface area (Å²) in [5.41, 5.74) is 0.291. The predicted molar refractivity (Wildman–Crippen MR) is 57.2 cm³/mol. The summed E-state index contributed by atoms with van der Waals surface area (Å²) >= 11 is 0. The summed E-state index contributed by atoms with van der Waals surface area (Å²) < 4.78 is 1.56. The number of aromatic nitrogens is 2. The summed E-state index contributed by atoms with van der Waals surface area (Å²) in [6, 6.07) is 5.81. The molecule has 0 aliphatic rings. The standard InChI is InChI=1S/C10H10N4O2/c1-14-10(4-5-11-14)13-12-8-3-2-7(15)6-9(8)16/h2-6,15-16H,1H3. The van der Waals surface area contributed by atoms with Crippen LogP contribution in [0.5, 0.6) is 11.5 Å². The average Bonchev–Trinajstić information content (AvgIpc) is 2.63. The number of phenols is 2. The summed E-state index contributed by atoms with van der Waals surface area (Å²) in [5.74, 6) is 0.440. The van der Waals surface area contributed by atoms with Crippen LogP contribution in [0, 0.1) is 0 Å². The lowest BCUT2D eigenvalue weighted by Gasteiger charge is -1.98. The van der Waals surface area contributed by atoms with Crippen molar-refractivity contribution in [3.05, 3.63) is 30.5 Å². The molecule has 2 rings (SSSR count). The number of hydrogen-bond donors (Lipinski definition) is 2. The lowest BCUT2D eigenvalue weighted by molar-refractivity contribution is 0.451. The molecule has 0 bridgehead atoms. The summed E-state index contributed by atoms with van der Waals surface area (Å²) in [6.07, 6.45) is 1.60. The van der Waals surface area contributed by atoms with Gasteiger partial charge in [-0.3, -0.25) is 0 Å². The van der Waals surface area contributed by atoms with E-state index in [-0.39, 0.29) is 11.5 Å². The zero-order chi connectivity index (χ0) is 11.5. The van der Waals surface area contributed by atoms with Crippen molar-refractivity contribution in [1.82, 2.24) is 9.78 Å². The zero-order valence-electron chi connectivity index (χ0n) is 8.57. The summed E-state index contributed by atoms with van der Waals surface area (Å²) in [7, 11) is 1.74. The number of hydrogen-bond acceptors (Lipinski definition) is 5. The highest BCUT2D eigenvalue weighted by Crippen LogP contribution is 2.30. The third-order valence-electron chi connectivity index (χ3n) is 2.01. The Balaban J connectivity index is 2.27. The van der Waals surface area contributed by atoms with Crippen LogP contribution in [0.3, 0.4) is 0 Å². The molecule has 2 N–H and O–H groups in total. The van der Waals surface area contributed by atoms with Crippen LogP contribution < -0.4 is 0 Å². The monoisotopic (exact) mass is 218 g/mol. The Labute approximate surface area is 91.5 Å². The number of nitrogens with zero attached hydrogens (tertiary/aromatic N) is 4. The van der Waals surface area contributed by atoms with Crippen LogP contribution in [-0.2, 0) is 7.05 Å². The van der Waals surface area contributed by atoms with Gasteiger partial charge in [0.25, 0.3) is 0 Å². The van der Waals surface area contributed by atoms with Gasteiger partial charge in [0.2, 0.25) is 0 Å². The summed E-state index contributed by atoms with van der Waals surface area (Å²) in [5, 5.41) is 30.2. The van der Waals surface area contributed by atoms with Crippen molar-refractivity contribution in [2.45, 2.75) is 0 Å². The average molecular weight is 218 g/mol. The smallest absolute Gasteiger partial charge is 0.172 e. The highest BCUT2D eigenvalue weighted by molar-refractivity contribution is 5.53. The largest absolute Gasteiger partial charge is 0.508 e. The minimum atomic E-state index is -0.120. The van der Waals surface area contributed by atoms with Gasteiger partial charge in [0.15, 0.2) is 5.82 Å². The molecule has 0 radical (unpaired) electrons. The maximum absolute atomic E-state index is 9.45. The molecule has 0 spiro atoms. The van der Waals surface area contributed by atoms with Crippen LogP contribution in [0.15, 0.2) is 40.7 Å². The fraction of sp³-hybridized carbons (Fsp3) is 0.100. The maximum atomic E-state index is 9.45. The molecule has 0 atom stereocenters. The van der Waals surface area contributed by atoms with Gasteiger partial charge in [-0.1, -0.05) is 0 Å². The minimum absolute atomic E-state index is 0.0167. The number of rotatable bonds is 2. The molecule has 6 heteroatoms. The first-order valence-electron chi connectivity index (χ1n) is 4.58. The molecule has 6 nitrogen and oxygen atoms in total. The maximum Gasteiger partial charge on any atom is 0.172 e. The molecule has 0 saturated carbocycles. The Morgan fingerprint density at radius 1 is 1.19 bits per heavy atom. The van der Waals surface area contributed by atoms with Crippen molar-refractivity contribution < 1.29 is 10.2 Å². The van der Waals surface area contributed by atoms with Crippen molar-refractivity contribution in [3.63, 3.8) is 0 Å². The molecule has 82 valence electrons. The van der Waals surface area contributed by atoms with Gasteiger partial charge in [0, 0.05) is 19.2 Å². The summed E-state index contributed by atoms with van der Waals surface area (Å²) in [4.78, 5) is 0. The van der Waals surface area contributed by atoms with Crippen molar-refractivity contribution in [2.75, 3.05) is 0 Å². The molecular formula is C10H10N4O2. The van der Waals surface area contributed by atoms with E-state index in [9.17, 15) is 5.11 Å². The number of azo groups is 1. The highest BCUT2D eigenvalue weighted by Gasteiger charge is 2.01. The predicted octanol–water partition coefficient (Wildman–Crippen LogP) is 2.25. The van der Waals surface area contributed by atoms with Crippen molar-refractivity contribution >= 4 is 11.5 Å². The molecule has 0 aliphatic carbocycles. The molecule has 0 aliphatic heterocycles. The van der Waals surface area contributed by atoms with Gasteiger partial charge in [-0.15, -0.1) is 10.2 Å². The second kappa shape index (κ2) is 4.01. The third kappa shape index (κ3) is 2.00. The second-order valence-electron chi connectivity index (χ2n) is 3.19. The first kappa shape index (κ1) is 10.2. The van der Waals surface area contributed by atoms with Crippen LogP contribution in [-0.4, -0.2) is 20.0 Å². The molecule has 0 unspecified atom stereocenters. The van der Waals surface area contributed by atoms with Crippen molar-refractivity contribution in [1.29, 1.82) is 0 Å². The van der Waals surface area contributed by atoms with E-state index in [1.807, 2.05) is 0 Å². The molecule has 1 aromatic heterocycles. The Kier molecular flexibility index (Phi) is 2.55. The van der Waals surface area contributed by atoms with Gasteiger partial charge in [-0.05, 0) is 12.1 Å². The van der Waals surface area contributed by atoms with E-state index in [2.05, 4.69) is 15.3 Å². The quantitative estimate of drug-likeness (QED) is 0.758. The number of aryl methyl sites for hydroxylation is 1. The second-order valence-corrected chi connectivity index (χ2v) is 3.19. The molecular weight excluding hydrogens is 208 g/mol. The SMILES string of the molecule is Cn1nccc1N=Nc1ccc(O)cc1O. The van der Waals surface area contributed by atoms with Crippen LogP contribution in [0.25, 0.3) is 0 Å². The molecule has 2 aromatic rings. The van der Waals surface area contributed by atoms with Crippen LogP contribution in [0.1, 0.15) is 0 Å². The Morgan fingerprint density at radius 2 is 2.00 bits per heavy atom. The molecule has 1 aromatic carbocycles. The normalized spacial score (nSPS) is 11.1. The van der Waals surface area contributed by atoms with Crippen LogP contribution in [0.4, 0.5) is 11.5 Å². The molecule has 0 fully saturated rings. The van der Waals surface area contributed by atoms with E-state index in [0.29, 0.717) is 11.5 Å². The van der Waals surface area contributed by atoms with Crippen molar-refractivity contribution in [3.8, 4) is 11.5 Å². The Bertz CT molecular complexity index is 533. The van der Waals surface area contributed by atoms with E-state index in [1.165, 1.54) is 18.2 Å². The molecule has 0 amide bonds. The Morgan fingerprint density at radius 3 is 2.62 bits per heavy atom. The van der Waals surface area contributed by atoms with E-state index in [4.69, 9.17) is 5.11 Å². The number of aromatic hydroxyl groups is 2. The van der Waals surface area contributed by atoms with Crippen LogP contribution >= 0.6 is 0 Å². The van der Waals surface area contributed by atoms with Gasteiger partial charge < -0.3 is 10.2 Å². The first-order chi connectivity index (χ1) is 7.66. The van der Waals surface area contributed by atoms with Crippen molar-refractivity contribution in [2.24, 2.45) is 17.3 Å². The zero-order valence-corrected chi connectivity index (χ0v) is 8.57. The number of benzene rings is 1. The molecule has 1 heterocycles. The van der Waals surface area contributed by atoms with Gasteiger partial charge in [-0.2, -0.15) is 5.10 Å². The minimum Gasteiger partial charge on any atom is -0.508 e. The first-order valence-corrected chi connectivity index (χ1v) is 4.58. The number of phenolic OH excluding ortho intramolecular Hbond substituents is 2. The van der Waals surface area contributed by atoms with E-state index in [0.717, 1.165) is 0 Å². The van der Waals surface area contributed by atoms with E-state index >= 15 is 0 Å². The fourth-order valence-corrected chi connectivity index (χ4v) is 1.17. The molecule has 0 saturated heterocycles. The topological polar surface area (TPSA) is 83.0 Å². The van der Waals surface area contributed by atoms with Crippen LogP contribution in [0.2, 0.25) is 0 Å².